The van der Waals surface area contributed by atoms with Crippen LogP contribution in [0, 0.1) is 0 Å². The molecule has 1 aromatic heterocycles. The summed E-state index contributed by atoms with van der Waals surface area (Å²) in [7, 11) is 3.11. The minimum absolute atomic E-state index is 0.0657. The van der Waals surface area contributed by atoms with E-state index in [1.54, 1.807) is 18.4 Å². The largest absolute Gasteiger partial charge is 0.468 e. The molecule has 23 heavy (non-hydrogen) atoms. The summed E-state index contributed by atoms with van der Waals surface area (Å²) in [6.45, 7) is 3.44. The molecule has 2 aliphatic heterocycles. The van der Waals surface area contributed by atoms with Crippen LogP contribution in [0.15, 0.2) is 0 Å². The number of methoxy groups -OCH3 is 2. The van der Waals surface area contributed by atoms with Crippen LogP contribution in [0.3, 0.4) is 0 Å². The van der Waals surface area contributed by atoms with Crippen molar-refractivity contribution in [1.82, 2.24) is 20.4 Å². The first-order valence-corrected chi connectivity index (χ1v) is 8.90. The van der Waals surface area contributed by atoms with E-state index < -0.39 is 0 Å². The molecule has 2 aliphatic rings. The lowest BCUT2D eigenvalue weighted by Gasteiger charge is -2.20. The highest BCUT2D eigenvalue weighted by atomic mass is 32.1. The van der Waals surface area contributed by atoms with Crippen LogP contribution in [-0.4, -0.2) is 67.1 Å². The van der Waals surface area contributed by atoms with Crippen molar-refractivity contribution in [2.75, 3.05) is 33.9 Å². The second-order valence-electron chi connectivity index (χ2n) is 6.12. The molecule has 3 rings (SSSR count). The van der Waals surface area contributed by atoms with E-state index >= 15 is 0 Å². The van der Waals surface area contributed by atoms with Gasteiger partial charge in [0.1, 0.15) is 16.1 Å². The standard InChI is InChI=1S/C15H24N4O3S/c1-21-11-7-12(15(20)22-2)19(8-11)9-13-17-18-14(23-13)10-3-5-16-6-4-10/h10-12,16H,3-9H2,1-2H3/t11-,12+/m0/s1. The van der Waals surface area contributed by atoms with Crippen molar-refractivity contribution in [1.29, 1.82) is 0 Å². The number of hydrogen-bond donors (Lipinski definition) is 1. The van der Waals surface area contributed by atoms with E-state index in [1.165, 1.54) is 7.11 Å². The van der Waals surface area contributed by atoms with Gasteiger partial charge in [-0.3, -0.25) is 9.69 Å². The van der Waals surface area contributed by atoms with Crippen LogP contribution in [0.4, 0.5) is 0 Å². The lowest BCUT2D eigenvalue weighted by atomic mass is 9.99. The fourth-order valence-electron chi connectivity index (χ4n) is 3.33. The highest BCUT2D eigenvalue weighted by Crippen LogP contribution is 2.29. The molecule has 0 aliphatic carbocycles. The van der Waals surface area contributed by atoms with Crippen LogP contribution < -0.4 is 5.32 Å². The number of carbonyl (C=O) groups excluding carboxylic acids is 1. The minimum atomic E-state index is -0.254. The molecule has 2 atom stereocenters. The number of rotatable bonds is 5. The molecule has 8 heteroatoms. The Labute approximate surface area is 140 Å². The Bertz CT molecular complexity index is 533. The topological polar surface area (TPSA) is 76.6 Å². The van der Waals surface area contributed by atoms with Crippen LogP contribution >= 0.6 is 11.3 Å². The van der Waals surface area contributed by atoms with E-state index in [2.05, 4.69) is 20.4 Å². The maximum Gasteiger partial charge on any atom is 0.323 e. The molecule has 1 N–H and O–H groups in total. The molecule has 7 nitrogen and oxygen atoms in total. The smallest absolute Gasteiger partial charge is 0.323 e. The van der Waals surface area contributed by atoms with Gasteiger partial charge in [-0.2, -0.15) is 0 Å². The van der Waals surface area contributed by atoms with Crippen LogP contribution in [-0.2, 0) is 20.8 Å². The number of nitrogens with one attached hydrogen (secondary N) is 1. The highest BCUT2D eigenvalue weighted by molar-refractivity contribution is 7.11. The molecule has 0 spiro atoms. The molecular weight excluding hydrogens is 316 g/mol. The molecule has 0 radical (unpaired) electrons. The van der Waals surface area contributed by atoms with Gasteiger partial charge in [0.2, 0.25) is 0 Å². The number of hydrogen-bond acceptors (Lipinski definition) is 8. The van der Waals surface area contributed by atoms with E-state index in [0.29, 0.717) is 18.9 Å². The van der Waals surface area contributed by atoms with Crippen LogP contribution in [0.2, 0.25) is 0 Å². The molecule has 0 amide bonds. The number of carbonyl (C=O) groups is 1. The van der Waals surface area contributed by atoms with E-state index in [4.69, 9.17) is 9.47 Å². The number of likely N-dealkylation sites (tertiary alicyclic amines) is 1. The number of piperidine rings is 1. The Morgan fingerprint density at radius 3 is 2.83 bits per heavy atom. The Balaban J connectivity index is 1.65. The lowest BCUT2D eigenvalue weighted by molar-refractivity contribution is -0.146. The lowest BCUT2D eigenvalue weighted by Crippen LogP contribution is -2.36. The van der Waals surface area contributed by atoms with Crippen molar-refractivity contribution in [3.05, 3.63) is 10.0 Å². The molecule has 1 aromatic rings. The van der Waals surface area contributed by atoms with Gasteiger partial charge < -0.3 is 14.8 Å². The highest BCUT2D eigenvalue weighted by Gasteiger charge is 2.38. The SMILES string of the molecule is COC(=O)[C@H]1C[C@H](OC)CN1Cc1nnc(C2CCNCC2)s1. The van der Waals surface area contributed by atoms with Gasteiger partial charge in [0.05, 0.1) is 19.8 Å². The summed E-state index contributed by atoms with van der Waals surface area (Å²) < 4.78 is 10.3. The Morgan fingerprint density at radius 2 is 2.13 bits per heavy atom. The Morgan fingerprint density at radius 1 is 1.35 bits per heavy atom. The second-order valence-corrected chi connectivity index (χ2v) is 7.21. The van der Waals surface area contributed by atoms with Crippen LogP contribution in [0.1, 0.15) is 35.2 Å². The molecule has 128 valence electrons. The molecule has 0 bridgehead atoms. The van der Waals surface area contributed by atoms with Gasteiger partial charge in [-0.25, -0.2) is 0 Å². The molecule has 2 fully saturated rings. The third kappa shape index (κ3) is 3.88. The van der Waals surface area contributed by atoms with Crippen molar-refractivity contribution >= 4 is 17.3 Å². The van der Waals surface area contributed by atoms with E-state index in [1.807, 2.05) is 0 Å². The van der Waals surface area contributed by atoms with E-state index in [-0.39, 0.29) is 18.1 Å². The average Bonchev–Trinajstić information content (AvgIpc) is 3.22. The third-order valence-corrected chi connectivity index (χ3v) is 5.75. The zero-order valence-electron chi connectivity index (χ0n) is 13.7. The number of ether oxygens (including phenoxy) is 2. The van der Waals surface area contributed by atoms with Crippen LogP contribution in [0.25, 0.3) is 0 Å². The Kier molecular flexibility index (Phi) is 5.58. The quantitative estimate of drug-likeness (QED) is 0.793. The Hall–Kier alpha value is -1.09. The van der Waals surface area contributed by atoms with E-state index in [0.717, 1.165) is 42.5 Å². The second kappa shape index (κ2) is 7.65. The zero-order chi connectivity index (χ0) is 16.2. The van der Waals surface area contributed by atoms with Gasteiger partial charge in [-0.15, -0.1) is 10.2 Å². The molecule has 0 saturated carbocycles. The average molecular weight is 340 g/mol. The monoisotopic (exact) mass is 340 g/mol. The maximum absolute atomic E-state index is 12.0. The predicted octanol–water partition coefficient (Wildman–Crippen LogP) is 0.767. The summed E-state index contributed by atoms with van der Waals surface area (Å²) in [6, 6.07) is -0.254. The number of aromatic nitrogens is 2. The predicted molar refractivity (Wildman–Crippen MR) is 86.4 cm³/mol. The van der Waals surface area contributed by atoms with Crippen LogP contribution in [0.5, 0.6) is 0 Å². The number of nitrogens with zero attached hydrogens (tertiary/aromatic N) is 3. The summed E-state index contributed by atoms with van der Waals surface area (Å²) in [5, 5.41) is 14.2. The van der Waals surface area contributed by atoms with Gasteiger partial charge in [0.25, 0.3) is 0 Å². The summed E-state index contributed by atoms with van der Waals surface area (Å²) in [6.07, 6.45) is 2.98. The van der Waals surface area contributed by atoms with Gasteiger partial charge >= 0.3 is 5.97 Å². The summed E-state index contributed by atoms with van der Waals surface area (Å²) in [4.78, 5) is 14.1. The fourth-order valence-corrected chi connectivity index (χ4v) is 4.36. The first kappa shape index (κ1) is 16.8. The minimum Gasteiger partial charge on any atom is -0.468 e. The van der Waals surface area contributed by atoms with Gasteiger partial charge in [-0.1, -0.05) is 11.3 Å². The molecule has 2 saturated heterocycles. The van der Waals surface area contributed by atoms with Gasteiger partial charge in [0, 0.05) is 26.0 Å². The van der Waals surface area contributed by atoms with Crippen molar-refractivity contribution in [2.45, 2.75) is 43.9 Å². The van der Waals surface area contributed by atoms with Crippen molar-refractivity contribution in [2.24, 2.45) is 0 Å². The molecule has 0 unspecified atom stereocenters. The first-order valence-electron chi connectivity index (χ1n) is 8.09. The third-order valence-electron chi connectivity index (χ3n) is 4.68. The first-order chi connectivity index (χ1) is 11.2. The number of esters is 1. The summed E-state index contributed by atoms with van der Waals surface area (Å²) in [5.41, 5.74) is 0. The van der Waals surface area contributed by atoms with Gasteiger partial charge in [-0.05, 0) is 25.9 Å². The van der Waals surface area contributed by atoms with Gasteiger partial charge in [0.15, 0.2) is 0 Å². The fraction of sp³-hybridized carbons (Fsp3) is 0.800. The normalized spacial score (nSPS) is 26.5. The van der Waals surface area contributed by atoms with Crippen molar-refractivity contribution < 1.29 is 14.3 Å². The summed E-state index contributed by atoms with van der Waals surface area (Å²) in [5.74, 6) is 0.317. The maximum atomic E-state index is 12.0. The van der Waals surface area contributed by atoms with Crippen molar-refractivity contribution in [3.63, 3.8) is 0 Å². The zero-order valence-corrected chi connectivity index (χ0v) is 14.5. The van der Waals surface area contributed by atoms with Crippen molar-refractivity contribution in [3.8, 4) is 0 Å². The molecule has 0 aromatic carbocycles. The summed E-state index contributed by atoms with van der Waals surface area (Å²) >= 11 is 1.67. The molecular formula is C15H24N4O3S. The molecule has 3 heterocycles. The van der Waals surface area contributed by atoms with E-state index in [9.17, 15) is 4.79 Å².